The highest BCUT2D eigenvalue weighted by Gasteiger charge is 2.21. The van der Waals surface area contributed by atoms with Crippen LogP contribution in [0.5, 0.6) is 0 Å². The number of hydrogen-bond donors (Lipinski definition) is 1. The molecule has 34 heavy (non-hydrogen) atoms. The van der Waals surface area contributed by atoms with E-state index in [9.17, 15) is 9.59 Å². The third-order valence-corrected chi connectivity index (χ3v) is 6.85. The van der Waals surface area contributed by atoms with Crippen molar-refractivity contribution < 1.29 is 13.9 Å². The van der Waals surface area contributed by atoms with Gasteiger partial charge in [-0.3, -0.25) is 4.79 Å². The van der Waals surface area contributed by atoms with Gasteiger partial charge in [0, 0.05) is 42.5 Å². The topological polar surface area (TPSA) is 86.4 Å². The third-order valence-electron chi connectivity index (χ3n) is 5.81. The van der Waals surface area contributed by atoms with Crippen molar-refractivity contribution >= 4 is 34.3 Å². The molecule has 0 spiro atoms. The van der Waals surface area contributed by atoms with Gasteiger partial charge in [0.25, 0.3) is 0 Å². The van der Waals surface area contributed by atoms with Crippen molar-refractivity contribution in [2.24, 2.45) is 0 Å². The SMILES string of the molecule is CC(=O)Nc1ccc2c(CSc3ncc(-c4ccccc4)n3CC3CCCO3)cc(=O)oc2c1. The second kappa shape index (κ2) is 9.87. The molecule has 0 saturated carbocycles. The summed E-state index contributed by atoms with van der Waals surface area (Å²) in [5, 5.41) is 4.44. The molecule has 1 N–H and O–H groups in total. The van der Waals surface area contributed by atoms with Gasteiger partial charge in [0.2, 0.25) is 5.91 Å². The van der Waals surface area contributed by atoms with Gasteiger partial charge in [0.15, 0.2) is 5.16 Å². The third kappa shape index (κ3) is 4.93. The minimum atomic E-state index is -0.421. The molecular formula is C26H25N3O4S. The summed E-state index contributed by atoms with van der Waals surface area (Å²) < 4.78 is 13.5. The summed E-state index contributed by atoms with van der Waals surface area (Å²) >= 11 is 1.58. The van der Waals surface area contributed by atoms with Crippen molar-refractivity contribution in [1.29, 1.82) is 0 Å². The number of nitrogens with one attached hydrogen (secondary N) is 1. The first kappa shape index (κ1) is 22.4. The van der Waals surface area contributed by atoms with Crippen LogP contribution in [0.1, 0.15) is 25.3 Å². The normalized spacial score (nSPS) is 15.6. The van der Waals surface area contributed by atoms with E-state index >= 15 is 0 Å². The Morgan fingerprint density at radius 1 is 1.21 bits per heavy atom. The van der Waals surface area contributed by atoms with E-state index < -0.39 is 5.63 Å². The molecule has 2 aromatic carbocycles. The van der Waals surface area contributed by atoms with Gasteiger partial charge in [-0.2, -0.15) is 0 Å². The molecule has 0 radical (unpaired) electrons. The summed E-state index contributed by atoms with van der Waals surface area (Å²) in [4.78, 5) is 28.3. The number of carbonyl (C=O) groups is 1. The minimum Gasteiger partial charge on any atom is -0.423 e. The number of amides is 1. The predicted octanol–water partition coefficient (Wildman–Crippen LogP) is 5.09. The predicted molar refractivity (Wildman–Crippen MR) is 133 cm³/mol. The van der Waals surface area contributed by atoms with Gasteiger partial charge in [-0.15, -0.1) is 0 Å². The number of aromatic nitrogens is 2. The Hall–Kier alpha value is -3.36. The Morgan fingerprint density at radius 3 is 2.82 bits per heavy atom. The second-order valence-corrected chi connectivity index (χ2v) is 9.25. The van der Waals surface area contributed by atoms with E-state index in [4.69, 9.17) is 14.1 Å². The van der Waals surface area contributed by atoms with E-state index in [1.807, 2.05) is 36.5 Å². The van der Waals surface area contributed by atoms with E-state index in [1.54, 1.807) is 17.8 Å². The number of ether oxygens (including phenoxy) is 1. The van der Waals surface area contributed by atoms with Gasteiger partial charge >= 0.3 is 5.63 Å². The molecule has 1 amide bonds. The van der Waals surface area contributed by atoms with Crippen molar-refractivity contribution in [2.75, 3.05) is 11.9 Å². The summed E-state index contributed by atoms with van der Waals surface area (Å²) in [7, 11) is 0. The smallest absolute Gasteiger partial charge is 0.336 e. The highest BCUT2D eigenvalue weighted by molar-refractivity contribution is 7.98. The van der Waals surface area contributed by atoms with Gasteiger partial charge in [-0.05, 0) is 36.1 Å². The van der Waals surface area contributed by atoms with Crippen LogP contribution < -0.4 is 10.9 Å². The maximum Gasteiger partial charge on any atom is 0.336 e. The van der Waals surface area contributed by atoms with Crippen LogP contribution in [0.25, 0.3) is 22.2 Å². The summed E-state index contributed by atoms with van der Waals surface area (Å²) in [5.41, 5.74) is 3.64. The van der Waals surface area contributed by atoms with Crippen LogP contribution in [0.15, 0.2) is 75.2 Å². The molecule has 0 aliphatic carbocycles. The zero-order chi connectivity index (χ0) is 23.5. The number of rotatable bonds is 7. The Balaban J connectivity index is 1.45. The molecule has 7 nitrogen and oxygen atoms in total. The number of fused-ring (bicyclic) bond motifs is 1. The monoisotopic (exact) mass is 475 g/mol. The molecule has 8 heteroatoms. The fourth-order valence-electron chi connectivity index (χ4n) is 4.25. The number of thioether (sulfide) groups is 1. The molecule has 2 aromatic heterocycles. The van der Waals surface area contributed by atoms with Crippen LogP contribution in [-0.4, -0.2) is 28.2 Å². The molecule has 1 aliphatic heterocycles. The first-order chi connectivity index (χ1) is 16.6. The van der Waals surface area contributed by atoms with Crippen molar-refractivity contribution in [2.45, 2.75) is 43.3 Å². The largest absolute Gasteiger partial charge is 0.423 e. The standard InChI is InChI=1S/C26H25N3O4S/c1-17(30)28-20-9-10-22-19(12-25(31)33-24(22)13-20)16-34-26-27-14-23(18-6-3-2-4-7-18)29(26)15-21-8-5-11-32-21/h2-4,6-7,9-10,12-14,21H,5,8,11,15-16H2,1H3,(H,28,30). The van der Waals surface area contributed by atoms with Gasteiger partial charge < -0.3 is 19.0 Å². The first-order valence-electron chi connectivity index (χ1n) is 11.3. The molecule has 1 saturated heterocycles. The average Bonchev–Trinajstić information content (AvgIpc) is 3.48. The quantitative estimate of drug-likeness (QED) is 0.296. The molecule has 1 unspecified atom stereocenters. The second-order valence-electron chi connectivity index (χ2n) is 8.31. The van der Waals surface area contributed by atoms with Crippen LogP contribution >= 0.6 is 11.8 Å². The lowest BCUT2D eigenvalue weighted by Crippen LogP contribution is -2.16. The van der Waals surface area contributed by atoms with E-state index in [0.29, 0.717) is 17.0 Å². The maximum atomic E-state index is 12.2. The van der Waals surface area contributed by atoms with Crippen molar-refractivity contribution in [3.63, 3.8) is 0 Å². The molecule has 1 fully saturated rings. The van der Waals surface area contributed by atoms with E-state index in [-0.39, 0.29) is 12.0 Å². The highest BCUT2D eigenvalue weighted by Crippen LogP contribution is 2.31. The van der Waals surface area contributed by atoms with Gasteiger partial charge in [-0.1, -0.05) is 42.1 Å². The lowest BCUT2D eigenvalue weighted by Gasteiger charge is -2.16. The molecular weight excluding hydrogens is 450 g/mol. The highest BCUT2D eigenvalue weighted by atomic mass is 32.2. The van der Waals surface area contributed by atoms with E-state index in [0.717, 1.165) is 53.4 Å². The Labute approximate surface area is 201 Å². The molecule has 5 rings (SSSR count). The zero-order valence-electron chi connectivity index (χ0n) is 18.8. The summed E-state index contributed by atoms with van der Waals surface area (Å²) in [6, 6.07) is 17.1. The number of benzene rings is 2. The first-order valence-corrected chi connectivity index (χ1v) is 12.2. The number of hydrogen-bond acceptors (Lipinski definition) is 6. The van der Waals surface area contributed by atoms with Crippen molar-refractivity contribution in [1.82, 2.24) is 9.55 Å². The molecule has 3 heterocycles. The van der Waals surface area contributed by atoms with Crippen molar-refractivity contribution in [3.05, 3.63) is 76.8 Å². The van der Waals surface area contributed by atoms with Gasteiger partial charge in [-0.25, -0.2) is 9.78 Å². The van der Waals surface area contributed by atoms with Gasteiger partial charge in [0.1, 0.15) is 5.58 Å². The Morgan fingerprint density at radius 2 is 2.06 bits per heavy atom. The molecule has 1 atom stereocenters. The number of nitrogens with zero attached hydrogens (tertiary/aromatic N) is 2. The Kier molecular flexibility index (Phi) is 6.51. The summed E-state index contributed by atoms with van der Waals surface area (Å²) in [5.74, 6) is 0.374. The van der Waals surface area contributed by atoms with Crippen LogP contribution in [0.3, 0.4) is 0 Å². The lowest BCUT2D eigenvalue weighted by molar-refractivity contribution is -0.114. The van der Waals surface area contributed by atoms with Crippen LogP contribution in [0.4, 0.5) is 5.69 Å². The molecule has 1 aliphatic rings. The summed E-state index contributed by atoms with van der Waals surface area (Å²) in [6.07, 6.45) is 4.20. The van der Waals surface area contributed by atoms with Crippen LogP contribution in [0, 0.1) is 0 Å². The minimum absolute atomic E-state index is 0.174. The maximum absolute atomic E-state index is 12.2. The average molecular weight is 476 g/mol. The number of anilines is 1. The number of carbonyl (C=O) groups excluding carboxylic acids is 1. The van der Waals surface area contributed by atoms with Crippen LogP contribution in [0.2, 0.25) is 0 Å². The zero-order valence-corrected chi connectivity index (χ0v) is 19.6. The van der Waals surface area contributed by atoms with Crippen LogP contribution in [-0.2, 0) is 21.8 Å². The van der Waals surface area contributed by atoms with Crippen molar-refractivity contribution in [3.8, 4) is 11.3 Å². The molecule has 0 bridgehead atoms. The van der Waals surface area contributed by atoms with E-state index in [2.05, 4.69) is 22.0 Å². The fraction of sp³-hybridized carbons (Fsp3) is 0.269. The molecule has 4 aromatic rings. The van der Waals surface area contributed by atoms with E-state index in [1.165, 1.54) is 13.0 Å². The fourth-order valence-corrected chi connectivity index (χ4v) is 5.23. The summed E-state index contributed by atoms with van der Waals surface area (Å²) in [6.45, 7) is 2.98. The number of imidazole rings is 1. The Bertz CT molecular complexity index is 1370. The molecule has 174 valence electrons. The van der Waals surface area contributed by atoms with Gasteiger partial charge in [0.05, 0.1) is 24.5 Å². The lowest BCUT2D eigenvalue weighted by atomic mass is 10.1.